The minimum atomic E-state index is -0.283. The molecule has 0 fully saturated rings. The van der Waals surface area contributed by atoms with E-state index in [-0.39, 0.29) is 5.91 Å². The fraction of sp³-hybridized carbons (Fsp3) is 0.357. The van der Waals surface area contributed by atoms with E-state index in [0.717, 1.165) is 39.0 Å². The van der Waals surface area contributed by atoms with Crippen molar-refractivity contribution in [3.05, 3.63) is 56.4 Å². The molecule has 0 spiro atoms. The van der Waals surface area contributed by atoms with Gasteiger partial charge in [-0.25, -0.2) is 15.0 Å². The SMILES string of the molecule is CCN(CC)CCOCc1ccnc(Nc2ncnc3c(C(=O)Nc4c(C)c(OC)cc(OC)c4I)csc23)c1. The lowest BCUT2D eigenvalue weighted by Crippen LogP contribution is -2.26. The number of halogens is 1. The summed E-state index contributed by atoms with van der Waals surface area (Å²) in [6.45, 7) is 10.3. The van der Waals surface area contributed by atoms with Gasteiger partial charge in [0, 0.05) is 29.8 Å². The highest BCUT2D eigenvalue weighted by atomic mass is 127. The van der Waals surface area contributed by atoms with Crippen LogP contribution in [0.2, 0.25) is 0 Å². The molecular formula is C28H33IN6O4S. The average Bonchev–Trinajstić information content (AvgIpc) is 3.41. The molecule has 1 amide bonds. The molecule has 0 saturated carbocycles. The molecule has 2 N–H and O–H groups in total. The third kappa shape index (κ3) is 6.79. The molecule has 0 aliphatic heterocycles. The number of ether oxygens (including phenoxy) is 3. The number of carbonyl (C=O) groups excluding carboxylic acids is 1. The van der Waals surface area contributed by atoms with Crippen LogP contribution in [-0.4, -0.2) is 66.2 Å². The number of hydrogen-bond acceptors (Lipinski definition) is 10. The molecule has 0 aliphatic carbocycles. The van der Waals surface area contributed by atoms with E-state index < -0.39 is 0 Å². The summed E-state index contributed by atoms with van der Waals surface area (Å²) < 4.78 is 18.4. The molecule has 0 unspecified atom stereocenters. The number of methoxy groups -OCH3 is 2. The number of nitrogens with zero attached hydrogens (tertiary/aromatic N) is 4. The second kappa shape index (κ2) is 14.0. The van der Waals surface area contributed by atoms with Crippen LogP contribution in [0.25, 0.3) is 10.2 Å². The molecule has 1 aromatic carbocycles. The van der Waals surface area contributed by atoms with Gasteiger partial charge in [0.25, 0.3) is 5.91 Å². The number of aromatic nitrogens is 3. The van der Waals surface area contributed by atoms with Crippen molar-refractivity contribution in [2.45, 2.75) is 27.4 Å². The van der Waals surface area contributed by atoms with Crippen LogP contribution < -0.4 is 20.1 Å². The van der Waals surface area contributed by atoms with Crippen molar-refractivity contribution in [3.8, 4) is 11.5 Å². The zero-order valence-electron chi connectivity index (χ0n) is 23.2. The highest BCUT2D eigenvalue weighted by Crippen LogP contribution is 2.39. The highest BCUT2D eigenvalue weighted by Gasteiger charge is 2.21. The van der Waals surface area contributed by atoms with E-state index in [1.807, 2.05) is 19.1 Å². The monoisotopic (exact) mass is 676 g/mol. The Labute approximate surface area is 251 Å². The molecule has 212 valence electrons. The smallest absolute Gasteiger partial charge is 0.258 e. The number of likely N-dealkylation sites (N-methyl/N-ethyl adjacent to an activating group) is 1. The summed E-state index contributed by atoms with van der Waals surface area (Å²) in [5.41, 5.74) is 3.45. The van der Waals surface area contributed by atoms with Gasteiger partial charge in [-0.15, -0.1) is 11.3 Å². The van der Waals surface area contributed by atoms with Gasteiger partial charge in [0.2, 0.25) is 0 Å². The summed E-state index contributed by atoms with van der Waals surface area (Å²) in [5.74, 6) is 2.18. The molecule has 40 heavy (non-hydrogen) atoms. The van der Waals surface area contributed by atoms with Crippen LogP contribution in [0, 0.1) is 10.5 Å². The first-order valence-corrected chi connectivity index (χ1v) is 14.8. The Morgan fingerprint density at radius 1 is 1.10 bits per heavy atom. The molecular weight excluding hydrogens is 643 g/mol. The quantitative estimate of drug-likeness (QED) is 0.133. The van der Waals surface area contributed by atoms with E-state index in [1.54, 1.807) is 31.9 Å². The maximum absolute atomic E-state index is 13.4. The van der Waals surface area contributed by atoms with Crippen LogP contribution in [0.4, 0.5) is 17.3 Å². The van der Waals surface area contributed by atoms with Gasteiger partial charge in [-0.1, -0.05) is 13.8 Å². The number of benzene rings is 1. The van der Waals surface area contributed by atoms with Gasteiger partial charge < -0.3 is 29.7 Å². The summed E-state index contributed by atoms with van der Waals surface area (Å²) in [6.07, 6.45) is 3.18. The number of pyridine rings is 1. The maximum Gasteiger partial charge on any atom is 0.258 e. The number of hydrogen-bond donors (Lipinski definition) is 2. The molecule has 4 aromatic rings. The van der Waals surface area contributed by atoms with E-state index in [1.165, 1.54) is 17.7 Å². The fourth-order valence-electron chi connectivity index (χ4n) is 4.17. The molecule has 3 aromatic heterocycles. The minimum Gasteiger partial charge on any atom is -0.496 e. The van der Waals surface area contributed by atoms with Crippen molar-refractivity contribution < 1.29 is 19.0 Å². The van der Waals surface area contributed by atoms with Gasteiger partial charge in [-0.05, 0) is 60.3 Å². The Bertz CT molecular complexity index is 1450. The third-order valence-corrected chi connectivity index (χ3v) is 8.55. The summed E-state index contributed by atoms with van der Waals surface area (Å²) in [7, 11) is 3.17. The Kier molecular flexibility index (Phi) is 10.5. The second-order valence-electron chi connectivity index (χ2n) is 8.85. The molecule has 0 bridgehead atoms. The number of rotatable bonds is 13. The van der Waals surface area contributed by atoms with Gasteiger partial charge in [0.1, 0.15) is 23.6 Å². The van der Waals surface area contributed by atoms with Gasteiger partial charge >= 0.3 is 0 Å². The number of nitrogens with one attached hydrogen (secondary N) is 2. The van der Waals surface area contributed by atoms with Gasteiger partial charge in [-0.2, -0.15) is 0 Å². The molecule has 12 heteroatoms. The molecule has 0 radical (unpaired) electrons. The highest BCUT2D eigenvalue weighted by molar-refractivity contribution is 14.1. The van der Waals surface area contributed by atoms with Crippen molar-refractivity contribution in [1.29, 1.82) is 0 Å². The standard InChI is InChI=1S/C28H33IN6O4S/c1-6-35(7-2)10-11-39-14-18-8-9-30-22(12-18)33-27-26-25(31-16-32-27)19(15-40-26)28(36)34-24-17(3)20(37-4)13-21(38-5)23(24)29/h8-9,12-13,15-16H,6-7,10-11,14H2,1-5H3,(H,34,36)(H,30,31,32,33). The van der Waals surface area contributed by atoms with E-state index in [2.05, 4.69) is 66.9 Å². The van der Waals surface area contributed by atoms with E-state index in [0.29, 0.717) is 53.1 Å². The Morgan fingerprint density at radius 2 is 1.88 bits per heavy atom. The Hall–Kier alpha value is -3.07. The number of carbonyl (C=O) groups is 1. The predicted molar refractivity (Wildman–Crippen MR) is 167 cm³/mol. The van der Waals surface area contributed by atoms with Crippen molar-refractivity contribution >= 4 is 67.4 Å². The molecule has 3 heterocycles. The summed E-state index contributed by atoms with van der Waals surface area (Å²) in [6, 6.07) is 5.68. The van der Waals surface area contributed by atoms with Crippen LogP contribution >= 0.6 is 33.9 Å². The number of thiophene rings is 1. The molecule has 10 nitrogen and oxygen atoms in total. The van der Waals surface area contributed by atoms with Crippen molar-refractivity contribution in [2.24, 2.45) is 0 Å². The summed E-state index contributed by atoms with van der Waals surface area (Å²) in [4.78, 5) is 29.0. The van der Waals surface area contributed by atoms with Gasteiger partial charge in [0.15, 0.2) is 5.82 Å². The number of amides is 1. The largest absolute Gasteiger partial charge is 0.496 e. The van der Waals surface area contributed by atoms with Gasteiger partial charge in [-0.3, -0.25) is 4.79 Å². The lowest BCUT2D eigenvalue weighted by atomic mass is 10.1. The number of fused-ring (bicyclic) bond motifs is 1. The van der Waals surface area contributed by atoms with Crippen LogP contribution in [0.15, 0.2) is 36.1 Å². The van der Waals surface area contributed by atoms with Crippen molar-refractivity contribution in [1.82, 2.24) is 19.9 Å². The predicted octanol–water partition coefficient (Wildman–Crippen LogP) is 5.87. The second-order valence-corrected chi connectivity index (χ2v) is 10.8. The van der Waals surface area contributed by atoms with Gasteiger partial charge in [0.05, 0.1) is 52.5 Å². The summed E-state index contributed by atoms with van der Waals surface area (Å²) >= 11 is 3.55. The Balaban J connectivity index is 1.51. The first-order valence-electron chi connectivity index (χ1n) is 12.9. The van der Waals surface area contributed by atoms with Crippen LogP contribution in [0.3, 0.4) is 0 Å². The maximum atomic E-state index is 13.4. The summed E-state index contributed by atoms with van der Waals surface area (Å²) in [5, 5.41) is 8.10. The number of anilines is 3. The minimum absolute atomic E-state index is 0.283. The molecule has 4 rings (SSSR count). The first-order chi connectivity index (χ1) is 19.4. The van der Waals surface area contributed by atoms with Crippen LogP contribution in [-0.2, 0) is 11.3 Å². The molecule has 0 saturated heterocycles. The van der Waals surface area contributed by atoms with E-state index in [9.17, 15) is 4.79 Å². The zero-order chi connectivity index (χ0) is 28.6. The van der Waals surface area contributed by atoms with E-state index in [4.69, 9.17) is 14.2 Å². The normalized spacial score (nSPS) is 11.2. The van der Waals surface area contributed by atoms with Crippen molar-refractivity contribution in [3.63, 3.8) is 0 Å². The van der Waals surface area contributed by atoms with Crippen molar-refractivity contribution in [2.75, 3.05) is 51.1 Å². The Morgan fingerprint density at radius 3 is 2.60 bits per heavy atom. The topological polar surface area (TPSA) is 111 Å². The van der Waals surface area contributed by atoms with Crippen LogP contribution in [0.5, 0.6) is 11.5 Å². The lowest BCUT2D eigenvalue weighted by molar-refractivity contribution is 0.0956. The lowest BCUT2D eigenvalue weighted by Gasteiger charge is -2.17. The average molecular weight is 677 g/mol. The molecule has 0 atom stereocenters. The van der Waals surface area contributed by atoms with E-state index >= 15 is 0 Å². The fourth-order valence-corrected chi connectivity index (χ4v) is 6.03. The molecule has 0 aliphatic rings. The third-order valence-electron chi connectivity index (χ3n) is 6.50. The first kappa shape index (κ1) is 29.9. The van der Waals surface area contributed by atoms with Crippen LogP contribution in [0.1, 0.15) is 35.3 Å². The zero-order valence-corrected chi connectivity index (χ0v) is 26.2.